The Balaban J connectivity index is 0.00000121. The molecule has 0 atom stereocenters. The van der Waals surface area contributed by atoms with Crippen molar-refractivity contribution in [3.05, 3.63) is 24.0 Å². The van der Waals surface area contributed by atoms with Gasteiger partial charge in [0, 0.05) is 25.5 Å². The number of nitrogens with zero attached hydrogens (tertiary/aromatic N) is 2. The first-order chi connectivity index (χ1) is 8.36. The molecule has 0 aromatic carbocycles. The molecule has 2 heteroatoms. The largest absolute Gasteiger partial charge is 0.354 e. The maximum Gasteiger partial charge on any atom is 0.0462 e. The van der Waals surface area contributed by atoms with Crippen molar-refractivity contribution in [2.24, 2.45) is 0 Å². The molecule has 1 rings (SSSR count). The third-order valence-corrected chi connectivity index (χ3v) is 2.90. The predicted octanol–water partition coefficient (Wildman–Crippen LogP) is 4.55. The molecule has 0 saturated heterocycles. The van der Waals surface area contributed by atoms with Crippen molar-refractivity contribution in [1.82, 2.24) is 4.57 Å². The van der Waals surface area contributed by atoms with Gasteiger partial charge < -0.3 is 4.57 Å². The third kappa shape index (κ3) is 7.63. The quantitative estimate of drug-likeness (QED) is 0.606. The lowest BCUT2D eigenvalue weighted by atomic mass is 10.1. The highest BCUT2D eigenvalue weighted by atomic mass is 14.9. The summed E-state index contributed by atoms with van der Waals surface area (Å²) in [7, 11) is 0. The molecule has 0 bridgehead atoms. The van der Waals surface area contributed by atoms with Crippen LogP contribution in [0.3, 0.4) is 0 Å². The van der Waals surface area contributed by atoms with Gasteiger partial charge in [0.15, 0.2) is 0 Å². The van der Waals surface area contributed by atoms with Gasteiger partial charge in [0.1, 0.15) is 0 Å². The summed E-state index contributed by atoms with van der Waals surface area (Å²) in [6, 6.07) is 2.27. The minimum absolute atomic E-state index is 1.20. The van der Waals surface area contributed by atoms with E-state index in [4.69, 9.17) is 5.26 Å². The van der Waals surface area contributed by atoms with E-state index in [2.05, 4.69) is 43.4 Å². The Morgan fingerprint density at radius 2 is 1.76 bits per heavy atom. The molecule has 0 fully saturated rings. The minimum atomic E-state index is 1.20. The van der Waals surface area contributed by atoms with Gasteiger partial charge in [-0.05, 0) is 30.9 Å². The topological polar surface area (TPSA) is 28.7 Å². The van der Waals surface area contributed by atoms with Crippen molar-refractivity contribution in [3.8, 4) is 6.57 Å². The van der Waals surface area contributed by atoms with E-state index in [0.29, 0.717) is 0 Å². The molecule has 0 amide bonds. The SMILES string of the molecule is C#N.CCCCCCn1ccc(CCCC)c1. The molecule has 1 heterocycles. The van der Waals surface area contributed by atoms with Crippen LogP contribution in [0.2, 0.25) is 0 Å². The fourth-order valence-electron chi connectivity index (χ4n) is 1.88. The average molecular weight is 234 g/mol. The molecule has 0 aliphatic heterocycles. The maximum atomic E-state index is 6.50. The maximum absolute atomic E-state index is 6.50. The fraction of sp³-hybridized carbons (Fsp3) is 0.667. The summed E-state index contributed by atoms with van der Waals surface area (Å²) in [4.78, 5) is 0. The molecule has 1 aromatic heterocycles. The van der Waals surface area contributed by atoms with Crippen LogP contribution in [0.5, 0.6) is 0 Å². The van der Waals surface area contributed by atoms with E-state index in [-0.39, 0.29) is 0 Å². The lowest BCUT2D eigenvalue weighted by Crippen LogP contribution is -1.94. The highest BCUT2D eigenvalue weighted by Gasteiger charge is 1.96. The molecule has 0 saturated carbocycles. The highest BCUT2D eigenvalue weighted by molar-refractivity contribution is 5.10. The Morgan fingerprint density at radius 1 is 1.06 bits per heavy atom. The Bertz CT molecular complexity index is 286. The van der Waals surface area contributed by atoms with Crippen molar-refractivity contribution in [1.29, 1.82) is 5.26 Å². The van der Waals surface area contributed by atoms with Crippen LogP contribution in [0.1, 0.15) is 57.9 Å². The number of rotatable bonds is 8. The first-order valence-electron chi connectivity index (χ1n) is 6.77. The van der Waals surface area contributed by atoms with E-state index in [9.17, 15) is 0 Å². The van der Waals surface area contributed by atoms with Gasteiger partial charge >= 0.3 is 0 Å². The number of nitriles is 1. The van der Waals surface area contributed by atoms with E-state index in [1.807, 2.05) is 0 Å². The zero-order valence-electron chi connectivity index (χ0n) is 11.4. The number of unbranched alkanes of at least 4 members (excludes halogenated alkanes) is 4. The van der Waals surface area contributed by atoms with E-state index in [1.54, 1.807) is 0 Å². The summed E-state index contributed by atoms with van der Waals surface area (Å²) in [5.74, 6) is 0. The van der Waals surface area contributed by atoms with Gasteiger partial charge in [-0.2, -0.15) is 0 Å². The van der Waals surface area contributed by atoms with Crippen molar-refractivity contribution in [2.75, 3.05) is 0 Å². The summed E-state index contributed by atoms with van der Waals surface area (Å²) < 4.78 is 2.35. The molecular formula is C15H26N2. The number of hydrogen-bond donors (Lipinski definition) is 0. The van der Waals surface area contributed by atoms with Crippen LogP contribution in [-0.4, -0.2) is 4.57 Å². The van der Waals surface area contributed by atoms with Gasteiger partial charge in [-0.25, -0.2) is 5.26 Å². The first kappa shape index (κ1) is 15.8. The Hall–Kier alpha value is -1.23. The smallest absolute Gasteiger partial charge is 0.0462 e. The minimum Gasteiger partial charge on any atom is -0.354 e. The van der Waals surface area contributed by atoms with Crippen molar-refractivity contribution < 1.29 is 0 Å². The molecular weight excluding hydrogens is 208 g/mol. The van der Waals surface area contributed by atoms with Crippen LogP contribution < -0.4 is 0 Å². The Morgan fingerprint density at radius 3 is 2.41 bits per heavy atom. The van der Waals surface area contributed by atoms with Crippen molar-refractivity contribution in [3.63, 3.8) is 0 Å². The fourth-order valence-corrected chi connectivity index (χ4v) is 1.88. The normalized spacial score (nSPS) is 9.65. The van der Waals surface area contributed by atoms with Crippen LogP contribution in [0.15, 0.2) is 18.5 Å². The second-order valence-electron chi connectivity index (χ2n) is 4.42. The lowest BCUT2D eigenvalue weighted by molar-refractivity contribution is 0.583. The van der Waals surface area contributed by atoms with Crippen molar-refractivity contribution >= 4 is 0 Å². The molecule has 17 heavy (non-hydrogen) atoms. The van der Waals surface area contributed by atoms with E-state index >= 15 is 0 Å². The number of aryl methyl sites for hydroxylation is 2. The molecule has 0 aliphatic rings. The van der Waals surface area contributed by atoms with Gasteiger partial charge in [0.05, 0.1) is 0 Å². The lowest BCUT2D eigenvalue weighted by Gasteiger charge is -2.01. The van der Waals surface area contributed by atoms with E-state index in [1.165, 1.54) is 57.1 Å². The summed E-state index contributed by atoms with van der Waals surface area (Å²) in [5, 5.41) is 6.50. The number of hydrogen-bond acceptors (Lipinski definition) is 1. The zero-order chi connectivity index (χ0) is 12.9. The molecule has 2 nitrogen and oxygen atoms in total. The van der Waals surface area contributed by atoms with Crippen LogP contribution in [0, 0.1) is 11.8 Å². The van der Waals surface area contributed by atoms with E-state index in [0.717, 1.165) is 0 Å². The Kier molecular flexibility index (Phi) is 10.4. The monoisotopic (exact) mass is 234 g/mol. The van der Waals surface area contributed by atoms with Crippen molar-refractivity contribution in [2.45, 2.75) is 65.3 Å². The first-order valence-corrected chi connectivity index (χ1v) is 6.77. The summed E-state index contributed by atoms with van der Waals surface area (Å²) in [6.07, 6.45) is 13.8. The highest BCUT2D eigenvalue weighted by Crippen LogP contribution is 2.08. The Labute approximate surface area is 106 Å². The van der Waals surface area contributed by atoms with Crippen LogP contribution >= 0.6 is 0 Å². The van der Waals surface area contributed by atoms with Gasteiger partial charge in [0.25, 0.3) is 0 Å². The third-order valence-electron chi connectivity index (χ3n) is 2.90. The molecule has 0 aliphatic carbocycles. The molecule has 96 valence electrons. The van der Waals surface area contributed by atoms with Crippen LogP contribution in [0.4, 0.5) is 0 Å². The predicted molar refractivity (Wildman–Crippen MR) is 73.9 cm³/mol. The molecule has 1 aromatic rings. The van der Waals surface area contributed by atoms with Crippen LogP contribution in [-0.2, 0) is 13.0 Å². The van der Waals surface area contributed by atoms with Gasteiger partial charge in [-0.15, -0.1) is 0 Å². The van der Waals surface area contributed by atoms with E-state index < -0.39 is 0 Å². The average Bonchev–Trinajstić information content (AvgIpc) is 2.82. The summed E-state index contributed by atoms with van der Waals surface area (Å²) in [6.45, 7) is 9.21. The molecule has 0 N–H and O–H groups in total. The van der Waals surface area contributed by atoms with Gasteiger partial charge in [-0.1, -0.05) is 39.5 Å². The second kappa shape index (κ2) is 11.3. The molecule has 0 unspecified atom stereocenters. The number of aromatic nitrogens is 1. The van der Waals surface area contributed by atoms with Crippen LogP contribution in [0.25, 0.3) is 0 Å². The molecule has 0 radical (unpaired) electrons. The summed E-state index contributed by atoms with van der Waals surface area (Å²) in [5.41, 5.74) is 1.51. The summed E-state index contributed by atoms with van der Waals surface area (Å²) >= 11 is 0. The van der Waals surface area contributed by atoms with Gasteiger partial charge in [-0.3, -0.25) is 0 Å². The van der Waals surface area contributed by atoms with Gasteiger partial charge in [0.2, 0.25) is 0 Å². The second-order valence-corrected chi connectivity index (χ2v) is 4.42. The standard InChI is InChI=1S/C14H25N.CHN/c1-3-5-7-8-11-15-12-10-14(13-15)9-6-4-2;1-2/h10,12-13H,3-9,11H2,1-2H3;1H. The zero-order valence-corrected chi connectivity index (χ0v) is 11.4. The molecule has 0 spiro atoms.